The second-order valence-corrected chi connectivity index (χ2v) is 6.65. The first-order chi connectivity index (χ1) is 9.93. The number of nitrogens with zero attached hydrogens (tertiary/aromatic N) is 2. The van der Waals surface area contributed by atoms with Crippen LogP contribution < -0.4 is 0 Å². The Morgan fingerprint density at radius 2 is 2.29 bits per heavy atom. The van der Waals surface area contributed by atoms with Crippen molar-refractivity contribution < 1.29 is 22.7 Å². The molecule has 0 saturated carbocycles. The standard InChI is InChI=1S/C13H15FN2O4S/c1-20-11-5-10(8-17)16(7-11)21(18,19)12-2-3-13(14)9(4-12)6-15/h2-4,10-11,17H,5,7-8H2,1H3/t10-,11-/m0/s1. The normalized spacial score (nSPS) is 23.1. The summed E-state index contributed by atoms with van der Waals surface area (Å²) in [6.45, 7) is -0.214. The molecule has 0 radical (unpaired) electrons. The quantitative estimate of drug-likeness (QED) is 0.872. The van der Waals surface area contributed by atoms with Gasteiger partial charge < -0.3 is 9.84 Å². The van der Waals surface area contributed by atoms with Gasteiger partial charge in [0.15, 0.2) is 0 Å². The minimum Gasteiger partial charge on any atom is -0.395 e. The largest absolute Gasteiger partial charge is 0.395 e. The molecule has 0 aliphatic carbocycles. The van der Waals surface area contributed by atoms with Crippen LogP contribution in [0.2, 0.25) is 0 Å². The van der Waals surface area contributed by atoms with Gasteiger partial charge in [0.2, 0.25) is 10.0 Å². The molecule has 1 aromatic carbocycles. The van der Waals surface area contributed by atoms with Crippen molar-refractivity contribution in [2.45, 2.75) is 23.5 Å². The Morgan fingerprint density at radius 1 is 1.57 bits per heavy atom. The van der Waals surface area contributed by atoms with Crippen molar-refractivity contribution >= 4 is 10.0 Å². The van der Waals surface area contributed by atoms with Gasteiger partial charge in [-0.25, -0.2) is 12.8 Å². The van der Waals surface area contributed by atoms with Crippen LogP contribution in [0.4, 0.5) is 4.39 Å². The number of hydrogen-bond acceptors (Lipinski definition) is 5. The van der Waals surface area contributed by atoms with Gasteiger partial charge in [0, 0.05) is 13.7 Å². The van der Waals surface area contributed by atoms with E-state index in [4.69, 9.17) is 10.00 Å². The molecule has 2 rings (SSSR count). The SMILES string of the molecule is CO[C@H]1C[C@@H](CO)N(S(=O)(=O)c2ccc(F)c(C#N)c2)C1. The lowest BCUT2D eigenvalue weighted by atomic mass is 10.2. The number of sulfonamides is 1. The Morgan fingerprint density at radius 3 is 2.86 bits per heavy atom. The van der Waals surface area contributed by atoms with E-state index in [1.165, 1.54) is 7.11 Å². The fraction of sp³-hybridized carbons (Fsp3) is 0.462. The molecule has 2 atom stereocenters. The van der Waals surface area contributed by atoms with Crippen molar-refractivity contribution in [3.8, 4) is 6.07 Å². The van der Waals surface area contributed by atoms with Crippen LogP contribution in [-0.4, -0.2) is 50.2 Å². The van der Waals surface area contributed by atoms with E-state index >= 15 is 0 Å². The van der Waals surface area contributed by atoms with E-state index in [9.17, 15) is 17.9 Å². The smallest absolute Gasteiger partial charge is 0.243 e. The van der Waals surface area contributed by atoms with E-state index in [0.29, 0.717) is 6.42 Å². The number of nitriles is 1. The molecular weight excluding hydrogens is 299 g/mol. The summed E-state index contributed by atoms with van der Waals surface area (Å²) < 4.78 is 44.7. The Hall–Kier alpha value is -1.53. The first-order valence-corrected chi connectivity index (χ1v) is 7.73. The summed E-state index contributed by atoms with van der Waals surface area (Å²) in [5, 5.41) is 18.1. The van der Waals surface area contributed by atoms with Gasteiger partial charge in [0.1, 0.15) is 11.9 Å². The molecule has 114 valence electrons. The lowest BCUT2D eigenvalue weighted by Gasteiger charge is -2.22. The molecule has 1 saturated heterocycles. The van der Waals surface area contributed by atoms with Crippen molar-refractivity contribution in [1.29, 1.82) is 5.26 Å². The van der Waals surface area contributed by atoms with Crippen LogP contribution in [0.3, 0.4) is 0 Å². The topological polar surface area (TPSA) is 90.6 Å². The lowest BCUT2D eigenvalue weighted by Crippen LogP contribution is -2.38. The van der Waals surface area contributed by atoms with Crippen molar-refractivity contribution in [3.63, 3.8) is 0 Å². The molecule has 0 aromatic heterocycles. The molecule has 8 heteroatoms. The summed E-state index contributed by atoms with van der Waals surface area (Å²) in [5.41, 5.74) is -0.334. The number of rotatable bonds is 4. The third-order valence-corrected chi connectivity index (χ3v) is 5.45. The van der Waals surface area contributed by atoms with Crippen molar-refractivity contribution in [2.24, 2.45) is 0 Å². The number of halogens is 1. The van der Waals surface area contributed by atoms with Crippen LogP contribution in [0.1, 0.15) is 12.0 Å². The van der Waals surface area contributed by atoms with E-state index in [2.05, 4.69) is 0 Å². The van der Waals surface area contributed by atoms with E-state index in [1.807, 2.05) is 0 Å². The Kier molecular flexibility index (Phi) is 4.58. The summed E-state index contributed by atoms with van der Waals surface area (Å²) in [7, 11) is -2.44. The maximum Gasteiger partial charge on any atom is 0.243 e. The van der Waals surface area contributed by atoms with Crippen molar-refractivity contribution in [3.05, 3.63) is 29.6 Å². The highest BCUT2D eigenvalue weighted by molar-refractivity contribution is 7.89. The lowest BCUT2D eigenvalue weighted by molar-refractivity contribution is 0.113. The highest BCUT2D eigenvalue weighted by atomic mass is 32.2. The van der Waals surface area contributed by atoms with Crippen LogP contribution in [-0.2, 0) is 14.8 Å². The zero-order valence-electron chi connectivity index (χ0n) is 11.4. The highest BCUT2D eigenvalue weighted by Crippen LogP contribution is 2.28. The number of methoxy groups -OCH3 is 1. The maximum absolute atomic E-state index is 13.3. The van der Waals surface area contributed by atoms with E-state index in [0.717, 1.165) is 22.5 Å². The zero-order valence-corrected chi connectivity index (χ0v) is 12.2. The van der Waals surface area contributed by atoms with Gasteiger partial charge in [-0.3, -0.25) is 0 Å². The number of aliphatic hydroxyl groups is 1. The molecule has 0 amide bonds. The molecule has 6 nitrogen and oxygen atoms in total. The van der Waals surface area contributed by atoms with Gasteiger partial charge in [-0.1, -0.05) is 0 Å². The minimum atomic E-state index is -3.92. The predicted octanol–water partition coefficient (Wildman–Crippen LogP) is 0.468. The number of benzene rings is 1. The van der Waals surface area contributed by atoms with Gasteiger partial charge in [-0.2, -0.15) is 9.57 Å². The second kappa shape index (κ2) is 6.07. The van der Waals surface area contributed by atoms with Crippen molar-refractivity contribution in [1.82, 2.24) is 4.31 Å². The Balaban J connectivity index is 2.40. The third kappa shape index (κ3) is 2.91. The Labute approximate surface area is 122 Å². The monoisotopic (exact) mass is 314 g/mol. The van der Waals surface area contributed by atoms with Gasteiger partial charge in [-0.15, -0.1) is 0 Å². The Bertz CT molecular complexity index is 671. The maximum atomic E-state index is 13.3. The van der Waals surface area contributed by atoms with Crippen molar-refractivity contribution in [2.75, 3.05) is 20.3 Å². The molecule has 1 aromatic rings. The van der Waals surface area contributed by atoms with Gasteiger partial charge in [0.05, 0.1) is 29.2 Å². The molecule has 1 heterocycles. The molecule has 21 heavy (non-hydrogen) atoms. The van der Waals surface area contributed by atoms with E-state index in [-0.39, 0.29) is 29.7 Å². The average Bonchev–Trinajstić information content (AvgIpc) is 2.91. The van der Waals surface area contributed by atoms with E-state index < -0.39 is 21.9 Å². The third-order valence-electron chi connectivity index (χ3n) is 3.53. The molecule has 0 spiro atoms. The number of hydrogen-bond donors (Lipinski definition) is 1. The molecule has 1 aliphatic heterocycles. The summed E-state index contributed by atoms with van der Waals surface area (Å²) in [4.78, 5) is -0.171. The summed E-state index contributed by atoms with van der Waals surface area (Å²) >= 11 is 0. The molecule has 1 aliphatic rings. The first kappa shape index (κ1) is 15.9. The van der Waals surface area contributed by atoms with Crippen LogP contribution in [0.5, 0.6) is 0 Å². The molecule has 1 fully saturated rings. The molecule has 0 bridgehead atoms. The predicted molar refractivity (Wildman–Crippen MR) is 71.3 cm³/mol. The fourth-order valence-electron chi connectivity index (χ4n) is 2.36. The zero-order chi connectivity index (χ0) is 15.6. The molecule has 1 N–H and O–H groups in total. The van der Waals surface area contributed by atoms with Gasteiger partial charge >= 0.3 is 0 Å². The summed E-state index contributed by atoms with van der Waals surface area (Å²) in [6, 6.07) is 4.08. The summed E-state index contributed by atoms with van der Waals surface area (Å²) in [5.74, 6) is -0.772. The van der Waals surface area contributed by atoms with E-state index in [1.54, 1.807) is 6.07 Å². The van der Waals surface area contributed by atoms with Crippen LogP contribution in [0.15, 0.2) is 23.1 Å². The average molecular weight is 314 g/mol. The summed E-state index contributed by atoms with van der Waals surface area (Å²) in [6.07, 6.45) is 0.0891. The molecular formula is C13H15FN2O4S. The molecule has 0 unspecified atom stereocenters. The second-order valence-electron chi connectivity index (χ2n) is 4.76. The highest BCUT2D eigenvalue weighted by Gasteiger charge is 2.40. The fourth-order valence-corrected chi connectivity index (χ4v) is 4.05. The first-order valence-electron chi connectivity index (χ1n) is 6.29. The van der Waals surface area contributed by atoms with Crippen LogP contribution in [0, 0.1) is 17.1 Å². The van der Waals surface area contributed by atoms with Crippen LogP contribution in [0.25, 0.3) is 0 Å². The minimum absolute atomic E-state index is 0.114. The number of aliphatic hydroxyl groups excluding tert-OH is 1. The van der Waals surface area contributed by atoms with Crippen LogP contribution >= 0.6 is 0 Å². The number of ether oxygens (including phenoxy) is 1. The van der Waals surface area contributed by atoms with Gasteiger partial charge in [-0.05, 0) is 24.6 Å². The van der Waals surface area contributed by atoms with Gasteiger partial charge in [0.25, 0.3) is 0 Å².